The van der Waals surface area contributed by atoms with Crippen molar-refractivity contribution in [2.75, 3.05) is 0 Å². The van der Waals surface area contributed by atoms with E-state index in [1.165, 1.54) is 0 Å². The van der Waals surface area contributed by atoms with Gasteiger partial charge in [0.1, 0.15) is 12.4 Å². The van der Waals surface area contributed by atoms with Crippen molar-refractivity contribution in [1.82, 2.24) is 4.98 Å². The minimum atomic E-state index is 0.577. The fourth-order valence-corrected chi connectivity index (χ4v) is 2.29. The van der Waals surface area contributed by atoms with Gasteiger partial charge in [-0.1, -0.05) is 54.6 Å². The van der Waals surface area contributed by atoms with Gasteiger partial charge < -0.3 is 4.74 Å². The second-order valence-corrected chi connectivity index (χ2v) is 5.38. The van der Waals surface area contributed by atoms with Gasteiger partial charge in [-0.2, -0.15) is 0 Å². The van der Waals surface area contributed by atoms with E-state index in [1.54, 1.807) is 0 Å². The van der Waals surface area contributed by atoms with E-state index >= 15 is 0 Å². The smallest absolute Gasteiger partial charge is 0.120 e. The van der Waals surface area contributed by atoms with E-state index in [2.05, 4.69) is 29.3 Å². The summed E-state index contributed by atoms with van der Waals surface area (Å²) >= 11 is 0. The first kappa shape index (κ1) is 15.0. The zero-order valence-electron chi connectivity index (χ0n) is 13.1. The number of hydrogen-bond acceptors (Lipinski definition) is 2. The van der Waals surface area contributed by atoms with Crippen LogP contribution >= 0.6 is 0 Å². The maximum absolute atomic E-state index is 5.85. The van der Waals surface area contributed by atoms with E-state index < -0.39 is 0 Å². The quantitative estimate of drug-likeness (QED) is 0.651. The third-order valence-electron chi connectivity index (χ3n) is 3.46. The lowest BCUT2D eigenvalue weighted by molar-refractivity contribution is 0.306. The summed E-state index contributed by atoms with van der Waals surface area (Å²) in [6, 6.07) is 24.3. The monoisotopic (exact) mass is 301 g/mol. The molecule has 23 heavy (non-hydrogen) atoms. The second-order valence-electron chi connectivity index (χ2n) is 5.38. The summed E-state index contributed by atoms with van der Waals surface area (Å²) in [4.78, 5) is 4.47. The largest absolute Gasteiger partial charge is 0.489 e. The van der Waals surface area contributed by atoms with Crippen LogP contribution in [0, 0.1) is 6.92 Å². The molecule has 3 rings (SSSR count). The van der Waals surface area contributed by atoms with E-state index in [-0.39, 0.29) is 0 Å². The lowest BCUT2D eigenvalue weighted by Gasteiger charge is -2.07. The molecule has 1 aromatic heterocycles. The molecule has 1 heterocycles. The molecule has 0 atom stereocenters. The van der Waals surface area contributed by atoms with Crippen LogP contribution in [0.15, 0.2) is 72.8 Å². The number of aryl methyl sites for hydroxylation is 1. The molecule has 114 valence electrons. The minimum Gasteiger partial charge on any atom is -0.489 e. The van der Waals surface area contributed by atoms with Gasteiger partial charge in [0.15, 0.2) is 0 Å². The van der Waals surface area contributed by atoms with Crippen LogP contribution in [-0.2, 0) is 6.61 Å². The van der Waals surface area contributed by atoms with Crippen molar-refractivity contribution in [3.8, 4) is 5.75 Å². The van der Waals surface area contributed by atoms with E-state index in [9.17, 15) is 0 Å². The van der Waals surface area contributed by atoms with Crippen molar-refractivity contribution >= 4 is 12.2 Å². The standard InChI is InChI=1S/C21H19NO/c1-17-7-5-11-20(22-17)14-13-18-10-6-12-21(15-18)23-16-19-8-3-2-4-9-19/h2-15H,16H2,1H3/b14-13+. The first-order valence-corrected chi connectivity index (χ1v) is 7.68. The van der Waals surface area contributed by atoms with Crippen molar-refractivity contribution in [1.29, 1.82) is 0 Å². The van der Waals surface area contributed by atoms with E-state index in [0.29, 0.717) is 6.61 Å². The Morgan fingerprint density at radius 1 is 0.870 bits per heavy atom. The normalized spacial score (nSPS) is 10.8. The van der Waals surface area contributed by atoms with Crippen molar-refractivity contribution < 1.29 is 4.74 Å². The Morgan fingerprint density at radius 3 is 2.52 bits per heavy atom. The number of ether oxygens (including phenoxy) is 1. The molecule has 0 radical (unpaired) electrons. The Balaban J connectivity index is 1.67. The zero-order chi connectivity index (χ0) is 15.9. The number of nitrogens with zero attached hydrogens (tertiary/aromatic N) is 1. The van der Waals surface area contributed by atoms with Crippen LogP contribution in [0.4, 0.5) is 0 Å². The number of benzene rings is 2. The van der Waals surface area contributed by atoms with Crippen LogP contribution in [0.5, 0.6) is 5.75 Å². The maximum atomic E-state index is 5.85. The predicted molar refractivity (Wildman–Crippen MR) is 95.1 cm³/mol. The lowest BCUT2D eigenvalue weighted by atomic mass is 10.2. The van der Waals surface area contributed by atoms with E-state index in [0.717, 1.165) is 28.3 Å². The van der Waals surface area contributed by atoms with Crippen LogP contribution in [-0.4, -0.2) is 4.98 Å². The molecular weight excluding hydrogens is 282 g/mol. The Labute approximate surface area is 137 Å². The number of pyridine rings is 1. The number of rotatable bonds is 5. The van der Waals surface area contributed by atoms with Gasteiger partial charge >= 0.3 is 0 Å². The highest BCUT2D eigenvalue weighted by atomic mass is 16.5. The summed E-state index contributed by atoms with van der Waals surface area (Å²) in [5.41, 5.74) is 4.24. The van der Waals surface area contributed by atoms with Crippen LogP contribution in [0.2, 0.25) is 0 Å². The molecule has 0 aliphatic carbocycles. The van der Waals surface area contributed by atoms with Gasteiger partial charge in [-0.3, -0.25) is 4.98 Å². The molecule has 0 unspecified atom stereocenters. The van der Waals surface area contributed by atoms with Gasteiger partial charge in [-0.15, -0.1) is 0 Å². The SMILES string of the molecule is Cc1cccc(/C=C/c2cccc(OCc3ccccc3)c2)n1. The Bertz CT molecular complexity index is 794. The maximum Gasteiger partial charge on any atom is 0.120 e. The summed E-state index contributed by atoms with van der Waals surface area (Å²) in [6.45, 7) is 2.57. The molecule has 0 aliphatic rings. The number of aromatic nitrogens is 1. The molecule has 0 spiro atoms. The Hall–Kier alpha value is -2.87. The van der Waals surface area contributed by atoms with Gasteiger partial charge in [-0.25, -0.2) is 0 Å². The van der Waals surface area contributed by atoms with Crippen molar-refractivity contribution in [3.63, 3.8) is 0 Å². The van der Waals surface area contributed by atoms with Crippen LogP contribution < -0.4 is 4.74 Å². The topological polar surface area (TPSA) is 22.1 Å². The van der Waals surface area contributed by atoms with Gasteiger partial charge in [0.2, 0.25) is 0 Å². The molecule has 0 aliphatic heterocycles. The van der Waals surface area contributed by atoms with E-state index in [1.807, 2.05) is 67.6 Å². The average molecular weight is 301 g/mol. The van der Waals surface area contributed by atoms with Crippen molar-refractivity contribution in [2.45, 2.75) is 13.5 Å². The third kappa shape index (κ3) is 4.55. The van der Waals surface area contributed by atoms with Crippen molar-refractivity contribution in [3.05, 3.63) is 95.3 Å². The van der Waals surface area contributed by atoms with Crippen LogP contribution in [0.25, 0.3) is 12.2 Å². The Kier molecular flexibility index (Phi) is 4.85. The molecule has 0 saturated heterocycles. The molecule has 2 nitrogen and oxygen atoms in total. The summed E-state index contributed by atoms with van der Waals surface area (Å²) < 4.78 is 5.85. The van der Waals surface area contributed by atoms with Gasteiger partial charge in [0.25, 0.3) is 0 Å². The van der Waals surface area contributed by atoms with Crippen molar-refractivity contribution in [2.24, 2.45) is 0 Å². The Morgan fingerprint density at radius 2 is 1.70 bits per heavy atom. The van der Waals surface area contributed by atoms with Gasteiger partial charge in [-0.05, 0) is 48.4 Å². The molecule has 0 fully saturated rings. The molecule has 0 saturated carbocycles. The fraction of sp³-hybridized carbons (Fsp3) is 0.0952. The average Bonchev–Trinajstić information content (AvgIpc) is 2.60. The fourth-order valence-electron chi connectivity index (χ4n) is 2.29. The minimum absolute atomic E-state index is 0.577. The molecule has 2 aromatic carbocycles. The van der Waals surface area contributed by atoms with Gasteiger partial charge in [0.05, 0.1) is 5.69 Å². The molecular formula is C21H19NO. The molecule has 0 N–H and O–H groups in total. The second kappa shape index (κ2) is 7.41. The predicted octanol–water partition coefficient (Wildman–Crippen LogP) is 5.14. The molecule has 0 amide bonds. The highest BCUT2D eigenvalue weighted by Crippen LogP contribution is 2.17. The van der Waals surface area contributed by atoms with E-state index in [4.69, 9.17) is 4.74 Å². The van der Waals surface area contributed by atoms with Gasteiger partial charge in [0, 0.05) is 5.69 Å². The van der Waals surface area contributed by atoms with Crippen LogP contribution in [0.3, 0.4) is 0 Å². The van der Waals surface area contributed by atoms with Crippen LogP contribution in [0.1, 0.15) is 22.5 Å². The first-order chi connectivity index (χ1) is 11.3. The lowest BCUT2D eigenvalue weighted by Crippen LogP contribution is -1.94. The summed E-state index contributed by atoms with van der Waals surface area (Å²) in [6.07, 6.45) is 4.07. The summed E-state index contributed by atoms with van der Waals surface area (Å²) in [5.74, 6) is 0.869. The number of hydrogen-bond donors (Lipinski definition) is 0. The molecule has 2 heteroatoms. The molecule has 3 aromatic rings. The molecule has 0 bridgehead atoms. The highest BCUT2D eigenvalue weighted by Gasteiger charge is 1.97. The third-order valence-corrected chi connectivity index (χ3v) is 3.46. The highest BCUT2D eigenvalue weighted by molar-refractivity contribution is 5.68. The first-order valence-electron chi connectivity index (χ1n) is 7.68. The summed E-state index contributed by atoms with van der Waals surface area (Å²) in [5, 5.41) is 0. The zero-order valence-corrected chi connectivity index (χ0v) is 13.1. The summed E-state index contributed by atoms with van der Waals surface area (Å²) in [7, 11) is 0.